The number of carbonyl (C=O) groups excluding carboxylic acids is 1. The van der Waals surface area contributed by atoms with Crippen molar-refractivity contribution in [2.45, 2.75) is 46.2 Å². The number of hydrogen-bond donors (Lipinski definition) is 1. The van der Waals surface area contributed by atoms with Gasteiger partial charge in [0.25, 0.3) is 5.91 Å². The molecule has 0 spiro atoms. The number of sulfone groups is 1. The van der Waals surface area contributed by atoms with E-state index in [2.05, 4.69) is 5.32 Å². The molecule has 0 bridgehead atoms. The predicted molar refractivity (Wildman–Crippen MR) is 102 cm³/mol. The zero-order valence-corrected chi connectivity index (χ0v) is 16.3. The Balaban J connectivity index is 1.66. The van der Waals surface area contributed by atoms with Gasteiger partial charge in [0.15, 0.2) is 9.84 Å². The number of anilines is 1. The fourth-order valence-electron chi connectivity index (χ4n) is 3.13. The number of benzene rings is 2. The highest BCUT2D eigenvalue weighted by atomic mass is 32.2. The lowest BCUT2D eigenvalue weighted by atomic mass is 10.2. The Morgan fingerprint density at radius 1 is 0.964 bits per heavy atom. The van der Waals surface area contributed by atoms with Crippen molar-refractivity contribution in [2.24, 2.45) is 0 Å². The van der Waals surface area contributed by atoms with Gasteiger partial charge < -0.3 is 5.32 Å². The van der Waals surface area contributed by atoms with Gasteiger partial charge in [-0.1, -0.05) is 12.8 Å². The molecule has 2 aromatic rings. The van der Waals surface area contributed by atoms with E-state index >= 15 is 0 Å². The largest absolute Gasteiger partial charge is 0.446 e. The van der Waals surface area contributed by atoms with E-state index in [-0.39, 0.29) is 32.4 Å². The molecule has 1 N–H and O–H groups in total. The highest BCUT2D eigenvalue weighted by molar-refractivity contribution is 8.00. The van der Waals surface area contributed by atoms with E-state index in [1.165, 1.54) is 48.5 Å². The number of nitrogens with one attached hydrogen (secondary N) is 1. The molecule has 1 amide bonds. The summed E-state index contributed by atoms with van der Waals surface area (Å²) in [7, 11) is -3.36. The van der Waals surface area contributed by atoms with Gasteiger partial charge in [-0.3, -0.25) is 4.79 Å². The summed E-state index contributed by atoms with van der Waals surface area (Å²) in [6.45, 7) is 0. The number of halogens is 3. The zero-order chi connectivity index (χ0) is 20.4. The van der Waals surface area contributed by atoms with Gasteiger partial charge in [0.2, 0.25) is 0 Å². The van der Waals surface area contributed by atoms with Crippen LogP contribution >= 0.6 is 11.8 Å². The first-order valence-electron chi connectivity index (χ1n) is 8.66. The van der Waals surface area contributed by atoms with Crippen molar-refractivity contribution in [1.29, 1.82) is 0 Å². The molecule has 0 heterocycles. The third-order valence-corrected chi connectivity index (χ3v) is 7.55. The first kappa shape index (κ1) is 20.7. The molecule has 1 saturated carbocycles. The topological polar surface area (TPSA) is 63.2 Å². The lowest BCUT2D eigenvalue weighted by molar-refractivity contribution is -0.0328. The monoisotopic (exact) mass is 429 g/mol. The van der Waals surface area contributed by atoms with Crippen LogP contribution in [-0.2, 0) is 9.84 Å². The first-order chi connectivity index (χ1) is 13.1. The van der Waals surface area contributed by atoms with E-state index in [9.17, 15) is 26.4 Å². The Labute approximate surface area is 165 Å². The Morgan fingerprint density at radius 3 is 2.07 bits per heavy atom. The van der Waals surface area contributed by atoms with E-state index in [1.54, 1.807) is 0 Å². The van der Waals surface area contributed by atoms with Gasteiger partial charge in [-0.2, -0.15) is 13.2 Å². The average Bonchev–Trinajstić information content (AvgIpc) is 3.17. The summed E-state index contributed by atoms with van der Waals surface area (Å²) in [6.07, 6.45) is 3.17. The summed E-state index contributed by atoms with van der Waals surface area (Å²) in [6, 6.07) is 11.0. The molecule has 9 heteroatoms. The average molecular weight is 429 g/mol. The van der Waals surface area contributed by atoms with Crippen LogP contribution in [0, 0.1) is 0 Å². The van der Waals surface area contributed by atoms with Crippen molar-refractivity contribution in [2.75, 3.05) is 5.32 Å². The normalized spacial score (nSPS) is 15.5. The minimum atomic E-state index is -4.38. The van der Waals surface area contributed by atoms with E-state index in [0.29, 0.717) is 18.5 Å². The Kier molecular flexibility index (Phi) is 6.04. The molecule has 2 aromatic carbocycles. The van der Waals surface area contributed by atoms with Crippen molar-refractivity contribution in [3.8, 4) is 0 Å². The van der Waals surface area contributed by atoms with Gasteiger partial charge in [-0.25, -0.2) is 8.42 Å². The molecule has 3 rings (SSSR count). The summed E-state index contributed by atoms with van der Waals surface area (Å²) in [5.41, 5.74) is -3.78. The second-order valence-electron chi connectivity index (χ2n) is 6.50. The minimum absolute atomic E-state index is 0.00878. The molecule has 1 aliphatic carbocycles. The van der Waals surface area contributed by atoms with Crippen LogP contribution in [0.2, 0.25) is 0 Å². The van der Waals surface area contributed by atoms with Gasteiger partial charge in [-0.15, -0.1) is 0 Å². The molecule has 0 aromatic heterocycles. The highest BCUT2D eigenvalue weighted by Crippen LogP contribution is 2.36. The Morgan fingerprint density at radius 2 is 1.54 bits per heavy atom. The highest BCUT2D eigenvalue weighted by Gasteiger charge is 2.30. The number of carbonyl (C=O) groups is 1. The molecule has 4 nitrogen and oxygen atoms in total. The minimum Gasteiger partial charge on any atom is -0.322 e. The number of alkyl halides is 3. The van der Waals surface area contributed by atoms with Crippen LogP contribution < -0.4 is 5.32 Å². The lowest BCUT2D eigenvalue weighted by Gasteiger charge is -2.12. The first-order valence-corrected chi connectivity index (χ1v) is 11.0. The number of hydrogen-bond acceptors (Lipinski definition) is 4. The van der Waals surface area contributed by atoms with Gasteiger partial charge in [-0.05, 0) is 73.1 Å². The van der Waals surface area contributed by atoms with Crippen LogP contribution in [0.5, 0.6) is 0 Å². The van der Waals surface area contributed by atoms with E-state index < -0.39 is 21.3 Å². The van der Waals surface area contributed by atoms with Gasteiger partial charge in [0.05, 0.1) is 10.1 Å². The maximum Gasteiger partial charge on any atom is 0.446 e. The van der Waals surface area contributed by atoms with Crippen LogP contribution in [0.1, 0.15) is 36.0 Å². The van der Waals surface area contributed by atoms with Crippen LogP contribution in [0.3, 0.4) is 0 Å². The molecule has 0 saturated heterocycles. The zero-order valence-electron chi connectivity index (χ0n) is 14.7. The fourth-order valence-corrected chi connectivity index (χ4v) is 5.52. The van der Waals surface area contributed by atoms with Crippen molar-refractivity contribution in [3.05, 3.63) is 54.1 Å². The SMILES string of the molecule is O=C(Nc1ccc(S(=O)(=O)C2CCCC2)cc1)c1ccc(SC(F)(F)F)cc1. The standard InChI is InChI=1S/C19H18F3NO3S2/c20-19(21,22)27-15-9-5-13(6-10-15)18(24)23-14-7-11-17(12-8-14)28(25,26)16-3-1-2-4-16/h5-12,16H,1-4H2,(H,23,24). The molecule has 150 valence electrons. The van der Waals surface area contributed by atoms with E-state index in [1.807, 2.05) is 0 Å². The van der Waals surface area contributed by atoms with E-state index in [0.717, 1.165) is 12.8 Å². The Bertz CT molecular complexity index is 934. The molecule has 1 fully saturated rings. The lowest BCUT2D eigenvalue weighted by Crippen LogP contribution is -2.18. The quantitative estimate of drug-likeness (QED) is 0.658. The maximum atomic E-state index is 12.6. The number of amides is 1. The van der Waals surface area contributed by atoms with Crippen LogP contribution in [-0.4, -0.2) is 25.1 Å². The second kappa shape index (κ2) is 8.16. The van der Waals surface area contributed by atoms with Gasteiger partial charge in [0, 0.05) is 16.1 Å². The third-order valence-electron chi connectivity index (χ3n) is 4.53. The molecule has 28 heavy (non-hydrogen) atoms. The third kappa shape index (κ3) is 5.08. The van der Waals surface area contributed by atoms with Gasteiger partial charge >= 0.3 is 5.51 Å². The summed E-state index contributed by atoms with van der Waals surface area (Å²) >= 11 is -0.249. The molecule has 0 radical (unpaired) electrons. The van der Waals surface area contributed by atoms with Crippen LogP contribution in [0.25, 0.3) is 0 Å². The molecule has 0 aliphatic heterocycles. The Hall–Kier alpha value is -2.00. The van der Waals surface area contributed by atoms with E-state index in [4.69, 9.17) is 0 Å². The summed E-state index contributed by atoms with van der Waals surface area (Å²) in [5.74, 6) is -0.491. The number of thioether (sulfide) groups is 1. The summed E-state index contributed by atoms with van der Waals surface area (Å²) in [4.78, 5) is 12.5. The van der Waals surface area contributed by atoms with Crippen molar-refractivity contribution < 1.29 is 26.4 Å². The predicted octanol–water partition coefficient (Wildman–Crippen LogP) is 5.27. The second-order valence-corrected chi connectivity index (χ2v) is 9.87. The van der Waals surface area contributed by atoms with Crippen molar-refractivity contribution >= 4 is 33.2 Å². The number of rotatable bonds is 5. The van der Waals surface area contributed by atoms with Crippen LogP contribution in [0.15, 0.2) is 58.3 Å². The molecular weight excluding hydrogens is 411 g/mol. The summed E-state index contributed by atoms with van der Waals surface area (Å²) in [5, 5.41) is 2.27. The van der Waals surface area contributed by atoms with Crippen LogP contribution in [0.4, 0.5) is 18.9 Å². The molecule has 0 atom stereocenters. The maximum absolute atomic E-state index is 12.6. The summed E-state index contributed by atoms with van der Waals surface area (Å²) < 4.78 is 62.1. The van der Waals surface area contributed by atoms with Crippen molar-refractivity contribution in [3.63, 3.8) is 0 Å². The molecule has 1 aliphatic rings. The molecule has 0 unspecified atom stereocenters. The fraction of sp³-hybridized carbons (Fsp3) is 0.316. The van der Waals surface area contributed by atoms with Crippen molar-refractivity contribution in [1.82, 2.24) is 0 Å². The molecular formula is C19H18F3NO3S2. The van der Waals surface area contributed by atoms with Gasteiger partial charge in [0.1, 0.15) is 0 Å². The smallest absolute Gasteiger partial charge is 0.322 e.